The van der Waals surface area contributed by atoms with Crippen LogP contribution in [0.5, 0.6) is 0 Å². The molecule has 10 N–H and O–H groups in total. The number of nitrogens with one attached hydrogen (secondary N) is 2. The summed E-state index contributed by atoms with van der Waals surface area (Å²) in [5.74, 6) is -12.5. The normalized spacial score (nSPS) is 35.1. The minimum Gasteiger partial charge on any atom is -0.544 e. The molecule has 10 unspecified atom stereocenters. The van der Waals surface area contributed by atoms with Crippen LogP contribution in [-0.2, 0) is 33.4 Å². The number of hydrogen-bond acceptors (Lipinski definition) is 17. The van der Waals surface area contributed by atoms with Gasteiger partial charge in [0.25, 0.3) is 0 Å². The summed E-state index contributed by atoms with van der Waals surface area (Å²) in [5, 5.41) is 110. The average molecular weight is 644 g/mol. The molecular formula is C22H34N2Na2O17. The third-order valence-corrected chi connectivity index (χ3v) is 6.69. The van der Waals surface area contributed by atoms with Gasteiger partial charge in [-0.2, -0.15) is 0 Å². The zero-order chi connectivity index (χ0) is 31.4. The standard InChI is InChI=1S/C22H36N2O17.2Na/c1-7(27)23-13-9(29)3-21(38,19(34)35)40-18(13)16(33)12(6-26)39-22(20(36)37)4-10(30)14(24-8(2)28)17(41-22)15(32)11(31)5-25;;/h9-18,25-26,29-33,38H,3-6H2,1-2H3,(H,23,27)(H,24,28)(H,34,35)(H,36,37);;/q;2*+1/p-2/t9?,10?,11?,12?,13?,14?,15?,16?,17?,18?,21-,22-;;/m1../s1. The Morgan fingerprint density at radius 2 is 1.30 bits per heavy atom. The molecule has 0 radical (unpaired) electrons. The maximum Gasteiger partial charge on any atom is 1.00 e. The molecule has 12 atom stereocenters. The summed E-state index contributed by atoms with van der Waals surface area (Å²) in [6.45, 7) is -0.389. The summed E-state index contributed by atoms with van der Waals surface area (Å²) in [6.07, 6.45) is -18.8. The first kappa shape index (κ1) is 42.4. The topological polar surface area (TPSA) is 328 Å². The van der Waals surface area contributed by atoms with Gasteiger partial charge in [0.15, 0.2) is 0 Å². The molecule has 0 aromatic heterocycles. The number of amides is 2. The van der Waals surface area contributed by atoms with Crippen molar-refractivity contribution in [2.75, 3.05) is 13.2 Å². The average Bonchev–Trinajstić information content (AvgIpc) is 2.88. The first-order valence-electron chi connectivity index (χ1n) is 12.3. The van der Waals surface area contributed by atoms with Crippen molar-refractivity contribution in [2.45, 2.75) is 99.2 Å². The largest absolute Gasteiger partial charge is 1.00 e. The predicted octanol–water partition coefficient (Wildman–Crippen LogP) is -15.4. The van der Waals surface area contributed by atoms with Gasteiger partial charge in [-0.25, -0.2) is 0 Å². The number of aliphatic carboxylic acids is 2. The maximum atomic E-state index is 12.3. The fraction of sp³-hybridized carbons (Fsp3) is 0.818. The van der Waals surface area contributed by atoms with Crippen LogP contribution in [0.3, 0.4) is 0 Å². The summed E-state index contributed by atoms with van der Waals surface area (Å²) < 4.78 is 15.7. The summed E-state index contributed by atoms with van der Waals surface area (Å²) >= 11 is 0. The van der Waals surface area contributed by atoms with Crippen LogP contribution in [-0.4, -0.2) is 150 Å². The van der Waals surface area contributed by atoms with Gasteiger partial charge in [0, 0.05) is 26.7 Å². The molecule has 2 saturated heterocycles. The molecule has 19 nitrogen and oxygen atoms in total. The molecule has 236 valence electrons. The summed E-state index contributed by atoms with van der Waals surface area (Å²) in [4.78, 5) is 47.1. The van der Waals surface area contributed by atoms with E-state index >= 15 is 0 Å². The molecule has 2 fully saturated rings. The van der Waals surface area contributed by atoms with Gasteiger partial charge in [0.05, 0.1) is 37.5 Å². The van der Waals surface area contributed by atoms with Crippen molar-refractivity contribution >= 4 is 23.8 Å². The van der Waals surface area contributed by atoms with Gasteiger partial charge in [-0.1, -0.05) is 0 Å². The van der Waals surface area contributed by atoms with E-state index in [1.807, 2.05) is 0 Å². The van der Waals surface area contributed by atoms with Crippen molar-refractivity contribution in [1.82, 2.24) is 10.6 Å². The van der Waals surface area contributed by atoms with Crippen molar-refractivity contribution in [3.05, 3.63) is 0 Å². The van der Waals surface area contributed by atoms with E-state index in [1.165, 1.54) is 0 Å². The van der Waals surface area contributed by atoms with E-state index in [0.29, 0.717) is 0 Å². The molecule has 2 aliphatic rings. The number of carboxylic acids is 2. The Bertz CT molecular complexity index is 980. The predicted molar refractivity (Wildman–Crippen MR) is 121 cm³/mol. The van der Waals surface area contributed by atoms with Crippen LogP contribution < -0.4 is 80.0 Å². The molecule has 0 spiro atoms. The van der Waals surface area contributed by atoms with Crippen molar-refractivity contribution in [3.63, 3.8) is 0 Å². The molecular weight excluding hydrogens is 610 g/mol. The maximum absolute atomic E-state index is 12.3. The second kappa shape index (κ2) is 17.4. The Hall–Kier alpha value is -0.560. The Morgan fingerprint density at radius 1 is 0.837 bits per heavy atom. The molecule has 2 aliphatic heterocycles. The zero-order valence-electron chi connectivity index (χ0n) is 23.9. The molecule has 21 heteroatoms. The minimum absolute atomic E-state index is 0. The molecule has 2 amide bonds. The Morgan fingerprint density at radius 3 is 1.70 bits per heavy atom. The van der Waals surface area contributed by atoms with Crippen LogP contribution in [0.1, 0.15) is 26.7 Å². The Balaban J connectivity index is 0.00000882. The number of aliphatic hydroxyl groups excluding tert-OH is 7. The first-order valence-corrected chi connectivity index (χ1v) is 12.3. The molecule has 0 aromatic carbocycles. The monoisotopic (exact) mass is 644 g/mol. The van der Waals surface area contributed by atoms with Crippen LogP contribution in [0.4, 0.5) is 0 Å². The summed E-state index contributed by atoms with van der Waals surface area (Å²) in [6, 6.07) is -3.24. The van der Waals surface area contributed by atoms with Gasteiger partial charge >= 0.3 is 59.1 Å². The van der Waals surface area contributed by atoms with Gasteiger partial charge in [0.2, 0.25) is 23.4 Å². The molecule has 0 bridgehead atoms. The van der Waals surface area contributed by atoms with E-state index in [9.17, 15) is 70.2 Å². The number of hydrogen-bond donors (Lipinski definition) is 10. The van der Waals surface area contributed by atoms with Crippen LogP contribution in [0.25, 0.3) is 0 Å². The zero-order valence-corrected chi connectivity index (χ0v) is 27.9. The second-order valence-corrected chi connectivity index (χ2v) is 9.84. The quantitative estimate of drug-likeness (QED) is 0.0881. The number of carbonyl (C=O) groups excluding carboxylic acids is 4. The molecule has 0 aromatic rings. The molecule has 0 saturated carbocycles. The Kier molecular flexibility index (Phi) is 17.2. The molecule has 43 heavy (non-hydrogen) atoms. The van der Waals surface area contributed by atoms with E-state index in [2.05, 4.69) is 10.6 Å². The summed E-state index contributed by atoms with van der Waals surface area (Å²) in [5.41, 5.74) is 0. The van der Waals surface area contributed by atoms with Crippen molar-refractivity contribution < 1.29 is 144 Å². The SMILES string of the molecule is CC(=O)NC1C(O)C[C@](OC(CO)C(O)C2O[C@@](O)(C(=O)[O-])CC(O)C2NC(C)=O)(C(=O)[O-])OC1C(O)C(O)CO.[Na+].[Na+]. The van der Waals surface area contributed by atoms with Gasteiger partial charge in [0.1, 0.15) is 48.6 Å². The number of carbonyl (C=O) groups is 4. The van der Waals surface area contributed by atoms with Crippen LogP contribution in [0, 0.1) is 0 Å². The van der Waals surface area contributed by atoms with Gasteiger partial charge in [-0.15, -0.1) is 0 Å². The van der Waals surface area contributed by atoms with Crippen LogP contribution in [0.2, 0.25) is 0 Å². The summed E-state index contributed by atoms with van der Waals surface area (Å²) in [7, 11) is 0. The number of carboxylic acid groups (broad SMARTS) is 2. The van der Waals surface area contributed by atoms with Crippen molar-refractivity contribution in [3.8, 4) is 0 Å². The van der Waals surface area contributed by atoms with E-state index in [-0.39, 0.29) is 59.1 Å². The number of aliphatic hydroxyl groups is 8. The van der Waals surface area contributed by atoms with Gasteiger partial charge < -0.3 is 85.5 Å². The van der Waals surface area contributed by atoms with E-state index in [1.54, 1.807) is 0 Å². The van der Waals surface area contributed by atoms with Crippen LogP contribution >= 0.6 is 0 Å². The number of rotatable bonds is 12. The Labute approximate surface area is 288 Å². The second-order valence-electron chi connectivity index (χ2n) is 9.84. The smallest absolute Gasteiger partial charge is 0.544 e. The third kappa shape index (κ3) is 9.96. The fourth-order valence-electron chi connectivity index (χ4n) is 4.71. The molecule has 2 rings (SSSR count). The molecule has 0 aliphatic carbocycles. The first-order chi connectivity index (χ1) is 18.9. The third-order valence-electron chi connectivity index (χ3n) is 6.69. The van der Waals surface area contributed by atoms with E-state index in [0.717, 1.165) is 13.8 Å². The van der Waals surface area contributed by atoms with Gasteiger partial charge in [-0.3, -0.25) is 9.59 Å². The van der Waals surface area contributed by atoms with E-state index < -0.39 is 122 Å². The number of ether oxygens (including phenoxy) is 3. The minimum atomic E-state index is -3.22. The van der Waals surface area contributed by atoms with Crippen LogP contribution in [0.15, 0.2) is 0 Å². The fourth-order valence-corrected chi connectivity index (χ4v) is 4.71. The van der Waals surface area contributed by atoms with Gasteiger partial charge in [-0.05, 0) is 0 Å². The molecule has 2 heterocycles. The van der Waals surface area contributed by atoms with E-state index in [4.69, 9.17) is 14.2 Å². The van der Waals surface area contributed by atoms with Crippen molar-refractivity contribution in [1.29, 1.82) is 0 Å². The van der Waals surface area contributed by atoms with Crippen molar-refractivity contribution in [2.24, 2.45) is 0 Å².